The molecule has 19 heavy (non-hydrogen) atoms. The van der Waals surface area contributed by atoms with Crippen molar-refractivity contribution in [2.24, 2.45) is 4.99 Å². The first kappa shape index (κ1) is 15.9. The van der Waals surface area contributed by atoms with Crippen molar-refractivity contribution in [3.8, 4) is 0 Å². The average molecular weight is 259 g/mol. The standard InChI is InChI=1S/C18H29N/c1-5-8-9-10-12-15(4)19-18-16(6-2)13-11-14-17(18)7-3/h11,13-14H,5-10,12H2,1-4H3. The molecule has 0 fully saturated rings. The van der Waals surface area contributed by atoms with Crippen LogP contribution in [0.4, 0.5) is 5.69 Å². The fourth-order valence-corrected chi connectivity index (χ4v) is 2.41. The van der Waals surface area contributed by atoms with Crippen LogP contribution >= 0.6 is 0 Å². The fourth-order valence-electron chi connectivity index (χ4n) is 2.41. The third-order valence-corrected chi connectivity index (χ3v) is 3.66. The Balaban J connectivity index is 2.78. The van der Waals surface area contributed by atoms with Gasteiger partial charge in [-0.15, -0.1) is 0 Å². The largest absolute Gasteiger partial charge is 0.258 e. The highest BCUT2D eigenvalue weighted by atomic mass is 14.8. The second-order valence-corrected chi connectivity index (χ2v) is 5.29. The smallest absolute Gasteiger partial charge is 0.0692 e. The molecule has 0 radical (unpaired) electrons. The predicted octanol–water partition coefficient (Wildman–Crippen LogP) is 5.87. The van der Waals surface area contributed by atoms with Gasteiger partial charge in [-0.1, -0.05) is 58.2 Å². The number of para-hydroxylation sites is 1. The van der Waals surface area contributed by atoms with Gasteiger partial charge in [0.1, 0.15) is 0 Å². The van der Waals surface area contributed by atoms with Crippen molar-refractivity contribution >= 4 is 11.4 Å². The quantitative estimate of drug-likeness (QED) is 0.408. The zero-order valence-corrected chi connectivity index (χ0v) is 13.1. The summed E-state index contributed by atoms with van der Waals surface area (Å²) in [6.07, 6.45) is 8.53. The summed E-state index contributed by atoms with van der Waals surface area (Å²) in [6.45, 7) is 8.86. The first-order valence-corrected chi connectivity index (χ1v) is 7.87. The molecule has 0 bridgehead atoms. The SMILES string of the molecule is CCCCCCC(C)=Nc1c(CC)cccc1CC. The number of hydrogen-bond acceptors (Lipinski definition) is 1. The van der Waals surface area contributed by atoms with Crippen LogP contribution in [0.2, 0.25) is 0 Å². The Kier molecular flexibility index (Phi) is 7.47. The van der Waals surface area contributed by atoms with Crippen molar-refractivity contribution in [3.63, 3.8) is 0 Å². The summed E-state index contributed by atoms with van der Waals surface area (Å²) in [5, 5.41) is 0. The number of rotatable bonds is 8. The van der Waals surface area contributed by atoms with Gasteiger partial charge in [-0.3, -0.25) is 4.99 Å². The van der Waals surface area contributed by atoms with Crippen LogP contribution in [0.3, 0.4) is 0 Å². The molecule has 0 saturated carbocycles. The molecule has 0 spiro atoms. The molecule has 1 rings (SSSR count). The van der Waals surface area contributed by atoms with Gasteiger partial charge in [-0.2, -0.15) is 0 Å². The van der Waals surface area contributed by atoms with Crippen molar-refractivity contribution in [3.05, 3.63) is 29.3 Å². The maximum Gasteiger partial charge on any atom is 0.0692 e. The summed E-state index contributed by atoms with van der Waals surface area (Å²) < 4.78 is 0. The summed E-state index contributed by atoms with van der Waals surface area (Å²) in [4.78, 5) is 4.91. The minimum atomic E-state index is 1.07. The maximum atomic E-state index is 4.91. The van der Waals surface area contributed by atoms with Crippen LogP contribution in [0.5, 0.6) is 0 Å². The van der Waals surface area contributed by atoms with Crippen molar-refractivity contribution in [2.75, 3.05) is 0 Å². The molecule has 106 valence electrons. The molecule has 1 aromatic carbocycles. The molecular formula is C18H29N. The number of nitrogens with zero attached hydrogens (tertiary/aromatic N) is 1. The summed E-state index contributed by atoms with van der Waals surface area (Å²) in [5.74, 6) is 0. The summed E-state index contributed by atoms with van der Waals surface area (Å²) in [5.41, 5.74) is 5.28. The molecule has 1 aromatic rings. The predicted molar refractivity (Wildman–Crippen MR) is 86.7 cm³/mol. The van der Waals surface area contributed by atoms with Gasteiger partial charge in [-0.25, -0.2) is 0 Å². The lowest BCUT2D eigenvalue weighted by Gasteiger charge is -2.10. The molecule has 1 heteroatoms. The third kappa shape index (κ3) is 5.18. The van der Waals surface area contributed by atoms with E-state index < -0.39 is 0 Å². The lowest BCUT2D eigenvalue weighted by molar-refractivity contribution is 0.682. The molecule has 0 saturated heterocycles. The summed E-state index contributed by atoms with van der Waals surface area (Å²) in [7, 11) is 0. The second kappa shape index (κ2) is 8.90. The zero-order chi connectivity index (χ0) is 14.1. The van der Waals surface area contributed by atoms with E-state index in [9.17, 15) is 0 Å². The zero-order valence-electron chi connectivity index (χ0n) is 13.1. The van der Waals surface area contributed by atoms with Crippen LogP contribution in [0, 0.1) is 0 Å². The number of aliphatic imine (C=N–C) groups is 1. The van der Waals surface area contributed by atoms with E-state index in [1.165, 1.54) is 48.2 Å². The molecule has 0 unspecified atom stereocenters. The summed E-state index contributed by atoms with van der Waals surface area (Å²) >= 11 is 0. The van der Waals surface area contributed by atoms with Gasteiger partial charge in [0.05, 0.1) is 5.69 Å². The van der Waals surface area contributed by atoms with E-state index in [2.05, 4.69) is 45.9 Å². The Morgan fingerprint density at radius 3 is 2.11 bits per heavy atom. The van der Waals surface area contributed by atoms with E-state index in [4.69, 9.17) is 4.99 Å². The van der Waals surface area contributed by atoms with E-state index in [0.717, 1.165) is 19.3 Å². The highest BCUT2D eigenvalue weighted by Crippen LogP contribution is 2.26. The third-order valence-electron chi connectivity index (χ3n) is 3.66. The first-order valence-electron chi connectivity index (χ1n) is 7.87. The van der Waals surface area contributed by atoms with Gasteiger partial charge in [0.15, 0.2) is 0 Å². The maximum absolute atomic E-state index is 4.91. The number of aryl methyl sites for hydroxylation is 2. The Labute approximate surface area is 119 Å². The summed E-state index contributed by atoms with van der Waals surface area (Å²) in [6, 6.07) is 6.58. The van der Waals surface area contributed by atoms with E-state index in [0.29, 0.717) is 0 Å². The van der Waals surface area contributed by atoms with Crippen molar-refractivity contribution in [2.45, 2.75) is 72.6 Å². The minimum absolute atomic E-state index is 1.07. The number of unbranched alkanes of at least 4 members (excludes halogenated alkanes) is 3. The van der Waals surface area contributed by atoms with Crippen LogP contribution in [-0.2, 0) is 12.8 Å². The van der Waals surface area contributed by atoms with E-state index in [1.54, 1.807) is 0 Å². The van der Waals surface area contributed by atoms with Crippen molar-refractivity contribution < 1.29 is 0 Å². The molecule has 0 aliphatic carbocycles. The van der Waals surface area contributed by atoms with Crippen LogP contribution in [0.15, 0.2) is 23.2 Å². The van der Waals surface area contributed by atoms with Gasteiger partial charge in [0.25, 0.3) is 0 Å². The highest BCUT2D eigenvalue weighted by molar-refractivity contribution is 5.85. The van der Waals surface area contributed by atoms with Gasteiger partial charge < -0.3 is 0 Å². The minimum Gasteiger partial charge on any atom is -0.258 e. The van der Waals surface area contributed by atoms with Gasteiger partial charge in [0, 0.05) is 5.71 Å². The molecule has 0 aliphatic heterocycles. The lowest BCUT2D eigenvalue weighted by atomic mass is 10.0. The molecule has 0 amide bonds. The second-order valence-electron chi connectivity index (χ2n) is 5.29. The number of hydrogen-bond donors (Lipinski definition) is 0. The first-order chi connectivity index (χ1) is 9.22. The lowest BCUT2D eigenvalue weighted by Crippen LogP contribution is -1.95. The van der Waals surface area contributed by atoms with Gasteiger partial charge in [-0.05, 0) is 43.7 Å². The topological polar surface area (TPSA) is 12.4 Å². The monoisotopic (exact) mass is 259 g/mol. The van der Waals surface area contributed by atoms with Crippen LogP contribution in [0.25, 0.3) is 0 Å². The van der Waals surface area contributed by atoms with Crippen LogP contribution < -0.4 is 0 Å². The van der Waals surface area contributed by atoms with Crippen LogP contribution in [0.1, 0.15) is 70.9 Å². The number of benzene rings is 1. The molecule has 1 nitrogen and oxygen atoms in total. The van der Waals surface area contributed by atoms with Gasteiger partial charge in [0.2, 0.25) is 0 Å². The molecule has 0 heterocycles. The Bertz CT molecular complexity index is 382. The van der Waals surface area contributed by atoms with E-state index in [1.807, 2.05) is 0 Å². The highest BCUT2D eigenvalue weighted by Gasteiger charge is 2.05. The molecule has 0 aromatic heterocycles. The molecule has 0 atom stereocenters. The Hall–Kier alpha value is -1.11. The van der Waals surface area contributed by atoms with Gasteiger partial charge >= 0.3 is 0 Å². The molecule has 0 aliphatic rings. The molecule has 0 N–H and O–H groups in total. The van der Waals surface area contributed by atoms with Crippen LogP contribution in [-0.4, -0.2) is 5.71 Å². The fraction of sp³-hybridized carbons (Fsp3) is 0.611. The van der Waals surface area contributed by atoms with E-state index in [-0.39, 0.29) is 0 Å². The van der Waals surface area contributed by atoms with Crippen molar-refractivity contribution in [1.29, 1.82) is 0 Å². The Morgan fingerprint density at radius 1 is 0.947 bits per heavy atom. The molecular weight excluding hydrogens is 230 g/mol. The normalized spacial score (nSPS) is 11.9. The van der Waals surface area contributed by atoms with E-state index >= 15 is 0 Å². The van der Waals surface area contributed by atoms with Crippen molar-refractivity contribution in [1.82, 2.24) is 0 Å². The average Bonchev–Trinajstić information content (AvgIpc) is 2.43. The Morgan fingerprint density at radius 2 is 1.58 bits per heavy atom.